The van der Waals surface area contributed by atoms with Gasteiger partial charge >= 0.3 is 0 Å². The van der Waals surface area contributed by atoms with Crippen molar-refractivity contribution in [2.24, 2.45) is 0 Å². The molecule has 1 atom stereocenters. The predicted molar refractivity (Wildman–Crippen MR) is 62.7 cm³/mol. The Bertz CT molecular complexity index is 519. The average Bonchev–Trinajstić information content (AvgIpc) is 2.20. The van der Waals surface area contributed by atoms with E-state index in [0.717, 1.165) is 12.1 Å². The highest BCUT2D eigenvalue weighted by Gasteiger charge is 2.21. The molecule has 0 aliphatic rings. The van der Waals surface area contributed by atoms with E-state index in [0.29, 0.717) is 0 Å². The monoisotopic (exact) mass is 282 g/mol. The van der Waals surface area contributed by atoms with Gasteiger partial charge in [-0.2, -0.15) is 0 Å². The Hall–Kier alpha value is -0.890. The maximum absolute atomic E-state index is 13.5. The van der Waals surface area contributed by atoms with E-state index in [4.69, 9.17) is 22.4 Å². The molecule has 1 aromatic carbocycles. The van der Waals surface area contributed by atoms with E-state index < -0.39 is 26.8 Å². The van der Waals surface area contributed by atoms with Crippen LogP contribution in [0.2, 0.25) is 5.02 Å². The van der Waals surface area contributed by atoms with Crippen LogP contribution in [0.3, 0.4) is 0 Å². The molecule has 8 heteroatoms. The van der Waals surface area contributed by atoms with E-state index in [1.807, 2.05) is 4.72 Å². The van der Waals surface area contributed by atoms with Crippen molar-refractivity contribution in [3.63, 3.8) is 0 Å². The van der Waals surface area contributed by atoms with E-state index in [1.165, 1.54) is 6.92 Å². The van der Waals surface area contributed by atoms with Crippen molar-refractivity contribution >= 4 is 27.3 Å². The first-order valence-electron chi connectivity index (χ1n) is 4.66. The van der Waals surface area contributed by atoms with Crippen LogP contribution in [0.5, 0.6) is 0 Å². The summed E-state index contributed by atoms with van der Waals surface area (Å²) >= 11 is 5.60. The first-order valence-corrected chi connectivity index (χ1v) is 6.52. The summed E-state index contributed by atoms with van der Waals surface area (Å²) in [6.07, 6.45) is -0.885. The summed E-state index contributed by atoms with van der Waals surface area (Å²) in [5.74, 6) is -1.06. The van der Waals surface area contributed by atoms with Crippen molar-refractivity contribution in [1.29, 1.82) is 0 Å². The minimum Gasteiger partial charge on any atom is -0.396 e. The molecule has 17 heavy (non-hydrogen) atoms. The van der Waals surface area contributed by atoms with Crippen LogP contribution in [-0.2, 0) is 10.0 Å². The SMILES string of the molecule is C[C@H](O)CNS(=O)(=O)c1cc(Cl)cc(N)c1F. The van der Waals surface area contributed by atoms with Crippen LogP contribution in [0.1, 0.15) is 6.92 Å². The number of hydrogen-bond donors (Lipinski definition) is 3. The fourth-order valence-electron chi connectivity index (χ4n) is 1.09. The lowest BCUT2D eigenvalue weighted by atomic mass is 10.3. The van der Waals surface area contributed by atoms with Crippen molar-refractivity contribution < 1.29 is 17.9 Å². The second-order valence-electron chi connectivity index (χ2n) is 3.51. The number of anilines is 1. The predicted octanol–water partition coefficient (Wildman–Crippen LogP) is 0.720. The third-order valence-electron chi connectivity index (χ3n) is 1.89. The van der Waals surface area contributed by atoms with Crippen molar-refractivity contribution in [3.8, 4) is 0 Å². The molecule has 0 unspecified atom stereocenters. The van der Waals surface area contributed by atoms with Gasteiger partial charge in [-0.05, 0) is 19.1 Å². The molecule has 5 nitrogen and oxygen atoms in total. The lowest BCUT2D eigenvalue weighted by Gasteiger charge is -2.10. The summed E-state index contributed by atoms with van der Waals surface area (Å²) in [5, 5.41) is 8.98. The Kier molecular flexibility index (Phi) is 4.31. The number of halogens is 2. The zero-order chi connectivity index (χ0) is 13.2. The van der Waals surface area contributed by atoms with Crippen LogP contribution in [0.4, 0.5) is 10.1 Å². The molecule has 0 aliphatic carbocycles. The molecule has 4 N–H and O–H groups in total. The summed E-state index contributed by atoms with van der Waals surface area (Å²) in [4.78, 5) is -0.636. The first kappa shape index (κ1) is 14.2. The Balaban J connectivity index is 3.15. The Morgan fingerprint density at radius 1 is 1.59 bits per heavy atom. The number of nitrogen functional groups attached to an aromatic ring is 1. The number of nitrogens with two attached hydrogens (primary N) is 1. The molecule has 0 aliphatic heterocycles. The van der Waals surface area contributed by atoms with Gasteiger partial charge in [0.2, 0.25) is 10.0 Å². The van der Waals surface area contributed by atoms with Gasteiger partial charge in [0.25, 0.3) is 0 Å². The van der Waals surface area contributed by atoms with Gasteiger partial charge in [-0.3, -0.25) is 0 Å². The van der Waals surface area contributed by atoms with Gasteiger partial charge in [-0.15, -0.1) is 0 Å². The van der Waals surface area contributed by atoms with Gasteiger partial charge in [-0.1, -0.05) is 11.6 Å². The van der Waals surface area contributed by atoms with Crippen LogP contribution >= 0.6 is 11.6 Å². The lowest BCUT2D eigenvalue weighted by Crippen LogP contribution is -2.31. The Labute approximate surface area is 103 Å². The number of benzene rings is 1. The zero-order valence-corrected chi connectivity index (χ0v) is 10.5. The van der Waals surface area contributed by atoms with Gasteiger partial charge in [0, 0.05) is 11.6 Å². The maximum Gasteiger partial charge on any atom is 0.243 e. The minimum absolute atomic E-state index is 0.0151. The van der Waals surface area contributed by atoms with Gasteiger partial charge in [0.15, 0.2) is 5.82 Å². The summed E-state index contributed by atoms with van der Waals surface area (Å²) in [6.45, 7) is 1.17. The van der Waals surface area contributed by atoms with E-state index in [9.17, 15) is 12.8 Å². The molecule has 0 saturated heterocycles. The van der Waals surface area contributed by atoms with Crippen LogP contribution in [0, 0.1) is 5.82 Å². The van der Waals surface area contributed by atoms with E-state index in [2.05, 4.69) is 0 Å². The topological polar surface area (TPSA) is 92.4 Å². The molecule has 1 aromatic rings. The zero-order valence-electron chi connectivity index (χ0n) is 8.94. The molecule has 1 rings (SSSR count). The molecule has 0 aromatic heterocycles. The van der Waals surface area contributed by atoms with Crippen LogP contribution in [-0.4, -0.2) is 26.2 Å². The molecule has 0 fully saturated rings. The maximum atomic E-state index is 13.5. The minimum atomic E-state index is -4.08. The van der Waals surface area contributed by atoms with Gasteiger partial charge < -0.3 is 10.8 Å². The van der Waals surface area contributed by atoms with E-state index in [1.54, 1.807) is 0 Å². The highest BCUT2D eigenvalue weighted by Crippen LogP contribution is 2.24. The highest BCUT2D eigenvalue weighted by atomic mass is 35.5. The van der Waals surface area contributed by atoms with E-state index >= 15 is 0 Å². The fourth-order valence-corrected chi connectivity index (χ4v) is 2.63. The summed E-state index contributed by atoms with van der Waals surface area (Å²) in [7, 11) is -4.08. The standard InChI is InChI=1S/C9H12ClFN2O3S/c1-5(14)4-13-17(15,16)8-3-6(10)2-7(12)9(8)11/h2-3,5,13-14H,4,12H2,1H3/t5-/m0/s1. The molecular formula is C9H12ClFN2O3S. The number of aliphatic hydroxyl groups is 1. The van der Waals surface area contributed by atoms with E-state index in [-0.39, 0.29) is 17.3 Å². The van der Waals surface area contributed by atoms with Crippen molar-refractivity contribution in [3.05, 3.63) is 23.0 Å². The smallest absolute Gasteiger partial charge is 0.243 e. The van der Waals surface area contributed by atoms with Crippen LogP contribution in [0.15, 0.2) is 17.0 Å². The summed E-state index contributed by atoms with van der Waals surface area (Å²) < 4.78 is 38.9. The molecule has 0 saturated carbocycles. The first-order chi connectivity index (χ1) is 7.74. The molecule has 96 valence electrons. The second-order valence-corrected chi connectivity index (χ2v) is 5.68. The highest BCUT2D eigenvalue weighted by molar-refractivity contribution is 7.89. The molecule has 0 radical (unpaired) electrons. The van der Waals surface area contributed by atoms with Crippen molar-refractivity contribution in [2.45, 2.75) is 17.9 Å². The van der Waals surface area contributed by atoms with Gasteiger partial charge in [0.1, 0.15) is 4.90 Å². The fraction of sp³-hybridized carbons (Fsp3) is 0.333. The molecule has 0 heterocycles. The normalized spacial score (nSPS) is 13.6. The van der Waals surface area contributed by atoms with Crippen LogP contribution in [0.25, 0.3) is 0 Å². The number of hydrogen-bond acceptors (Lipinski definition) is 4. The average molecular weight is 283 g/mol. The number of rotatable bonds is 4. The Morgan fingerprint density at radius 2 is 2.18 bits per heavy atom. The third-order valence-corrected chi connectivity index (χ3v) is 3.53. The molecule has 0 bridgehead atoms. The Morgan fingerprint density at radius 3 is 2.71 bits per heavy atom. The quantitative estimate of drug-likeness (QED) is 0.710. The number of aliphatic hydroxyl groups excluding tert-OH is 1. The van der Waals surface area contributed by atoms with Crippen molar-refractivity contribution in [1.82, 2.24) is 4.72 Å². The van der Waals surface area contributed by atoms with Gasteiger partial charge in [-0.25, -0.2) is 17.5 Å². The molecular weight excluding hydrogens is 271 g/mol. The van der Waals surface area contributed by atoms with Crippen LogP contribution < -0.4 is 10.5 Å². The summed E-state index contributed by atoms with van der Waals surface area (Å²) in [5.41, 5.74) is 4.92. The second kappa shape index (κ2) is 5.18. The van der Waals surface area contributed by atoms with Gasteiger partial charge in [0.05, 0.1) is 11.8 Å². The summed E-state index contributed by atoms with van der Waals surface area (Å²) in [6, 6.07) is 2.07. The number of sulfonamides is 1. The third kappa shape index (κ3) is 3.53. The molecule has 0 amide bonds. The number of nitrogens with one attached hydrogen (secondary N) is 1. The largest absolute Gasteiger partial charge is 0.396 e. The molecule has 0 spiro atoms. The van der Waals surface area contributed by atoms with Crippen molar-refractivity contribution in [2.75, 3.05) is 12.3 Å². The lowest BCUT2D eigenvalue weighted by molar-refractivity contribution is 0.198.